The Morgan fingerprint density at radius 1 is 1.12 bits per heavy atom. The van der Waals surface area contributed by atoms with Gasteiger partial charge in [-0.15, -0.1) is 0 Å². The highest BCUT2D eigenvalue weighted by molar-refractivity contribution is 5.37. The average Bonchev–Trinajstić information content (AvgIpc) is 2.89. The van der Waals surface area contributed by atoms with E-state index in [1.807, 2.05) is 0 Å². The van der Waals surface area contributed by atoms with Gasteiger partial charge in [-0.05, 0) is 68.3 Å². The number of nitrogens with one attached hydrogen (secondary N) is 1. The summed E-state index contributed by atoms with van der Waals surface area (Å²) in [6, 6.07) is 7.21. The molecule has 2 aliphatic rings. The van der Waals surface area contributed by atoms with Crippen molar-refractivity contribution in [3.63, 3.8) is 0 Å². The third kappa shape index (κ3) is 2.63. The maximum Gasteiger partial charge on any atom is 0.119 e. The molecule has 0 saturated carbocycles. The Kier molecular flexibility index (Phi) is 3.32. The third-order valence-electron chi connectivity index (χ3n) is 3.93. The number of benzene rings is 1. The minimum atomic E-state index is 0.561. The van der Waals surface area contributed by atoms with E-state index in [2.05, 4.69) is 23.5 Å². The summed E-state index contributed by atoms with van der Waals surface area (Å²) in [6.07, 6.45) is 7.71. The summed E-state index contributed by atoms with van der Waals surface area (Å²) in [7, 11) is 0. The van der Waals surface area contributed by atoms with Crippen molar-refractivity contribution >= 4 is 0 Å². The van der Waals surface area contributed by atoms with Gasteiger partial charge in [-0.2, -0.15) is 0 Å². The van der Waals surface area contributed by atoms with E-state index in [9.17, 15) is 0 Å². The second-order valence-corrected chi connectivity index (χ2v) is 5.24. The van der Waals surface area contributed by atoms with Gasteiger partial charge in [0, 0.05) is 6.04 Å². The van der Waals surface area contributed by atoms with Gasteiger partial charge >= 0.3 is 0 Å². The van der Waals surface area contributed by atoms with Crippen molar-refractivity contribution in [1.82, 2.24) is 5.32 Å². The first-order valence-electron chi connectivity index (χ1n) is 6.90. The average molecular weight is 231 g/mol. The van der Waals surface area contributed by atoms with Crippen molar-refractivity contribution in [3.05, 3.63) is 29.3 Å². The largest absolute Gasteiger partial charge is 0.492 e. The standard InChI is InChI=1S/C15H21NO/c1-2-5-13-10-15(8-7-12(13)4-1)17-11-14-6-3-9-16-14/h7-8,10,14,16H,1-6,9,11H2/t14-/m0/s1. The molecule has 1 aromatic rings. The van der Waals surface area contributed by atoms with Crippen LogP contribution in [0.3, 0.4) is 0 Å². The first-order chi connectivity index (χ1) is 8.42. The van der Waals surface area contributed by atoms with Crippen molar-refractivity contribution < 1.29 is 4.74 Å². The van der Waals surface area contributed by atoms with Crippen molar-refractivity contribution in [2.45, 2.75) is 44.6 Å². The lowest BCUT2D eigenvalue weighted by molar-refractivity contribution is 0.277. The summed E-state index contributed by atoms with van der Waals surface area (Å²) in [5, 5.41) is 3.46. The van der Waals surface area contributed by atoms with Crippen molar-refractivity contribution in [3.8, 4) is 5.75 Å². The smallest absolute Gasteiger partial charge is 0.119 e. The maximum atomic E-state index is 5.89. The quantitative estimate of drug-likeness (QED) is 0.863. The molecule has 0 unspecified atom stereocenters. The molecule has 3 rings (SSSR count). The molecule has 92 valence electrons. The van der Waals surface area contributed by atoms with E-state index in [4.69, 9.17) is 4.74 Å². The van der Waals surface area contributed by atoms with Crippen LogP contribution in [0.25, 0.3) is 0 Å². The lowest BCUT2D eigenvalue weighted by atomic mass is 9.92. The number of rotatable bonds is 3. The summed E-state index contributed by atoms with van der Waals surface area (Å²) in [5.74, 6) is 1.05. The summed E-state index contributed by atoms with van der Waals surface area (Å²) < 4.78 is 5.89. The van der Waals surface area contributed by atoms with Gasteiger partial charge in [0.25, 0.3) is 0 Å². The van der Waals surface area contributed by atoms with Crippen LogP contribution in [-0.2, 0) is 12.8 Å². The van der Waals surface area contributed by atoms with E-state index in [1.165, 1.54) is 49.7 Å². The van der Waals surface area contributed by atoms with E-state index in [0.29, 0.717) is 6.04 Å². The van der Waals surface area contributed by atoms with Gasteiger partial charge in [0.05, 0.1) is 0 Å². The van der Waals surface area contributed by atoms with Crippen LogP contribution in [0.15, 0.2) is 18.2 Å². The Hall–Kier alpha value is -1.02. The van der Waals surface area contributed by atoms with Crippen LogP contribution in [-0.4, -0.2) is 19.2 Å². The molecule has 0 spiro atoms. The second kappa shape index (κ2) is 5.09. The molecule has 0 bridgehead atoms. The molecule has 1 atom stereocenters. The number of aryl methyl sites for hydroxylation is 2. The lowest BCUT2D eigenvalue weighted by Gasteiger charge is -2.18. The van der Waals surface area contributed by atoms with Crippen LogP contribution >= 0.6 is 0 Å². The zero-order valence-corrected chi connectivity index (χ0v) is 10.4. The predicted molar refractivity (Wildman–Crippen MR) is 69.6 cm³/mol. The Balaban J connectivity index is 1.62. The number of ether oxygens (including phenoxy) is 1. The SMILES string of the molecule is c1cc2c(cc1OC[C@@H]1CCCN1)CCCC2. The lowest BCUT2D eigenvalue weighted by Crippen LogP contribution is -2.28. The molecule has 1 saturated heterocycles. The van der Waals surface area contributed by atoms with E-state index < -0.39 is 0 Å². The van der Waals surface area contributed by atoms with Gasteiger partial charge in [-0.25, -0.2) is 0 Å². The molecular formula is C15H21NO. The molecule has 0 amide bonds. The van der Waals surface area contributed by atoms with Crippen molar-refractivity contribution in [1.29, 1.82) is 0 Å². The Labute approximate surface area is 103 Å². The van der Waals surface area contributed by atoms with Crippen LogP contribution in [0.5, 0.6) is 5.75 Å². The van der Waals surface area contributed by atoms with Crippen LogP contribution in [0.2, 0.25) is 0 Å². The van der Waals surface area contributed by atoms with Gasteiger partial charge in [0.1, 0.15) is 12.4 Å². The van der Waals surface area contributed by atoms with Gasteiger partial charge in [-0.3, -0.25) is 0 Å². The Bertz CT molecular complexity index is 383. The third-order valence-corrected chi connectivity index (χ3v) is 3.93. The molecular weight excluding hydrogens is 210 g/mol. The highest BCUT2D eigenvalue weighted by Crippen LogP contribution is 2.25. The molecule has 1 heterocycles. The fraction of sp³-hybridized carbons (Fsp3) is 0.600. The first-order valence-corrected chi connectivity index (χ1v) is 6.90. The Morgan fingerprint density at radius 3 is 2.82 bits per heavy atom. The molecule has 0 aromatic heterocycles. The Morgan fingerprint density at radius 2 is 2.00 bits per heavy atom. The number of hydrogen-bond acceptors (Lipinski definition) is 2. The molecule has 1 aliphatic carbocycles. The zero-order chi connectivity index (χ0) is 11.5. The van der Waals surface area contributed by atoms with Crippen LogP contribution in [0, 0.1) is 0 Å². The molecule has 0 radical (unpaired) electrons. The predicted octanol–water partition coefficient (Wildman–Crippen LogP) is 2.70. The summed E-state index contributed by atoms with van der Waals surface area (Å²) in [4.78, 5) is 0. The van der Waals surface area contributed by atoms with Gasteiger partial charge < -0.3 is 10.1 Å². The monoisotopic (exact) mass is 231 g/mol. The van der Waals surface area contributed by atoms with E-state index in [1.54, 1.807) is 0 Å². The minimum Gasteiger partial charge on any atom is -0.492 e. The number of fused-ring (bicyclic) bond motifs is 1. The van der Waals surface area contributed by atoms with Gasteiger partial charge in [0.15, 0.2) is 0 Å². The second-order valence-electron chi connectivity index (χ2n) is 5.24. The van der Waals surface area contributed by atoms with Gasteiger partial charge in [-0.1, -0.05) is 6.07 Å². The fourth-order valence-corrected chi connectivity index (χ4v) is 2.90. The zero-order valence-electron chi connectivity index (χ0n) is 10.4. The summed E-state index contributed by atoms with van der Waals surface area (Å²) in [5.41, 5.74) is 3.04. The highest BCUT2D eigenvalue weighted by Gasteiger charge is 2.15. The fourth-order valence-electron chi connectivity index (χ4n) is 2.90. The molecule has 2 heteroatoms. The number of hydrogen-bond donors (Lipinski definition) is 1. The molecule has 1 aromatic carbocycles. The van der Waals surface area contributed by atoms with Crippen molar-refractivity contribution in [2.24, 2.45) is 0 Å². The normalized spacial score (nSPS) is 23.4. The molecule has 17 heavy (non-hydrogen) atoms. The van der Waals surface area contributed by atoms with E-state index in [-0.39, 0.29) is 0 Å². The van der Waals surface area contributed by atoms with Crippen LogP contribution < -0.4 is 10.1 Å². The highest BCUT2D eigenvalue weighted by atomic mass is 16.5. The topological polar surface area (TPSA) is 21.3 Å². The molecule has 1 N–H and O–H groups in total. The maximum absolute atomic E-state index is 5.89. The minimum absolute atomic E-state index is 0.561. The summed E-state index contributed by atoms with van der Waals surface area (Å²) >= 11 is 0. The van der Waals surface area contributed by atoms with E-state index in [0.717, 1.165) is 18.9 Å². The van der Waals surface area contributed by atoms with Gasteiger partial charge in [0.2, 0.25) is 0 Å². The summed E-state index contributed by atoms with van der Waals surface area (Å²) in [6.45, 7) is 1.97. The first kappa shape index (κ1) is 11.1. The molecule has 1 aliphatic heterocycles. The molecule has 1 fully saturated rings. The van der Waals surface area contributed by atoms with Crippen LogP contribution in [0.1, 0.15) is 36.8 Å². The van der Waals surface area contributed by atoms with Crippen LogP contribution in [0.4, 0.5) is 0 Å². The molecule has 2 nitrogen and oxygen atoms in total. The van der Waals surface area contributed by atoms with E-state index >= 15 is 0 Å². The van der Waals surface area contributed by atoms with Crippen molar-refractivity contribution in [2.75, 3.05) is 13.2 Å².